The third kappa shape index (κ3) is 17.8. The van der Waals surface area contributed by atoms with Gasteiger partial charge in [0.15, 0.2) is 0 Å². The van der Waals surface area contributed by atoms with Crippen LogP contribution in [0.4, 0.5) is 0 Å². The molecule has 0 aromatic heterocycles. The van der Waals surface area contributed by atoms with E-state index in [1.807, 2.05) is 0 Å². The van der Waals surface area contributed by atoms with Gasteiger partial charge in [-0.1, -0.05) is 13.8 Å². The largest absolute Gasteiger partial charge is 0.379 e. The molecule has 0 bridgehead atoms. The molecule has 0 fully saturated rings. The van der Waals surface area contributed by atoms with Crippen LogP contribution in [0.2, 0.25) is 0 Å². The van der Waals surface area contributed by atoms with E-state index in [0.717, 1.165) is 18.9 Å². The van der Waals surface area contributed by atoms with Gasteiger partial charge in [0.05, 0.1) is 46.2 Å². The molecule has 0 spiro atoms. The second-order valence-corrected chi connectivity index (χ2v) is 4.77. The predicted octanol–water partition coefficient (Wildman–Crippen LogP) is 1.45. The molecule has 116 valence electrons. The molecule has 19 heavy (non-hydrogen) atoms. The maximum atomic E-state index is 5.46. The quantitative estimate of drug-likeness (QED) is 0.459. The smallest absolute Gasteiger partial charge is 0.0701 e. The van der Waals surface area contributed by atoms with E-state index < -0.39 is 0 Å². The molecule has 0 aliphatic heterocycles. The van der Waals surface area contributed by atoms with Gasteiger partial charge in [-0.3, -0.25) is 0 Å². The number of rotatable bonds is 15. The summed E-state index contributed by atoms with van der Waals surface area (Å²) in [7, 11) is 0. The van der Waals surface area contributed by atoms with E-state index in [-0.39, 0.29) is 0 Å². The van der Waals surface area contributed by atoms with Crippen LogP contribution in [-0.2, 0) is 18.9 Å². The summed E-state index contributed by atoms with van der Waals surface area (Å²) >= 11 is 0. The molecular formula is C14H31NO4. The standard InChI is InChI=1S/C14H31NO4/c1-14(2)4-3-6-16-8-10-18-12-13-19-11-9-17-7-5-15/h14H,3-13,15H2,1-2H3. The number of hydrogen-bond donors (Lipinski definition) is 1. The fourth-order valence-electron chi connectivity index (χ4n) is 1.44. The lowest BCUT2D eigenvalue weighted by Gasteiger charge is -2.07. The van der Waals surface area contributed by atoms with Crippen molar-refractivity contribution in [2.24, 2.45) is 11.7 Å². The Bertz CT molecular complexity index is 168. The summed E-state index contributed by atoms with van der Waals surface area (Å²) < 4.78 is 21.3. The van der Waals surface area contributed by atoms with E-state index in [9.17, 15) is 0 Å². The fourth-order valence-corrected chi connectivity index (χ4v) is 1.44. The molecule has 2 N–H and O–H groups in total. The maximum absolute atomic E-state index is 5.46. The minimum absolute atomic E-state index is 0.556. The molecule has 0 saturated heterocycles. The van der Waals surface area contributed by atoms with E-state index >= 15 is 0 Å². The minimum atomic E-state index is 0.556. The van der Waals surface area contributed by atoms with Gasteiger partial charge in [0, 0.05) is 13.2 Å². The summed E-state index contributed by atoms with van der Waals surface area (Å²) in [6, 6.07) is 0. The Balaban J connectivity index is 2.91. The van der Waals surface area contributed by atoms with E-state index in [0.29, 0.717) is 52.8 Å². The van der Waals surface area contributed by atoms with Crippen molar-refractivity contribution in [2.45, 2.75) is 26.7 Å². The van der Waals surface area contributed by atoms with Crippen molar-refractivity contribution < 1.29 is 18.9 Å². The molecule has 0 aromatic rings. The minimum Gasteiger partial charge on any atom is -0.379 e. The molecule has 0 amide bonds. The summed E-state index contributed by atoms with van der Waals surface area (Å²) in [5.74, 6) is 0.755. The van der Waals surface area contributed by atoms with Crippen LogP contribution in [0, 0.1) is 5.92 Å². The molecule has 5 nitrogen and oxygen atoms in total. The lowest BCUT2D eigenvalue weighted by atomic mass is 10.1. The van der Waals surface area contributed by atoms with Gasteiger partial charge in [-0.25, -0.2) is 0 Å². The monoisotopic (exact) mass is 277 g/mol. The normalized spacial score (nSPS) is 11.4. The molecule has 0 rings (SSSR count). The van der Waals surface area contributed by atoms with Crippen LogP contribution in [0.5, 0.6) is 0 Å². The van der Waals surface area contributed by atoms with Gasteiger partial charge in [0.2, 0.25) is 0 Å². The van der Waals surface area contributed by atoms with Crippen molar-refractivity contribution in [1.29, 1.82) is 0 Å². The zero-order chi connectivity index (χ0) is 14.2. The summed E-state index contributed by atoms with van der Waals surface area (Å²) in [6.07, 6.45) is 2.35. The first-order valence-electron chi connectivity index (χ1n) is 7.28. The summed E-state index contributed by atoms with van der Waals surface area (Å²) in [4.78, 5) is 0. The fraction of sp³-hybridized carbons (Fsp3) is 1.00. The molecule has 0 saturated carbocycles. The Morgan fingerprint density at radius 1 is 0.684 bits per heavy atom. The molecule has 0 unspecified atom stereocenters. The zero-order valence-corrected chi connectivity index (χ0v) is 12.6. The third-order valence-corrected chi connectivity index (χ3v) is 2.45. The van der Waals surface area contributed by atoms with E-state index in [1.54, 1.807) is 0 Å². The lowest BCUT2D eigenvalue weighted by Crippen LogP contribution is -2.14. The van der Waals surface area contributed by atoms with E-state index in [4.69, 9.17) is 24.7 Å². The molecule has 0 aliphatic carbocycles. The first-order chi connectivity index (χ1) is 9.27. The van der Waals surface area contributed by atoms with Gasteiger partial charge in [0.25, 0.3) is 0 Å². The van der Waals surface area contributed by atoms with Crippen LogP contribution < -0.4 is 5.73 Å². The Morgan fingerprint density at radius 3 is 1.53 bits per heavy atom. The second-order valence-electron chi connectivity index (χ2n) is 4.77. The van der Waals surface area contributed by atoms with Gasteiger partial charge in [-0.15, -0.1) is 0 Å². The predicted molar refractivity (Wildman–Crippen MR) is 76.4 cm³/mol. The molecule has 0 heterocycles. The van der Waals surface area contributed by atoms with Gasteiger partial charge < -0.3 is 24.7 Å². The second kappa shape index (κ2) is 15.9. The highest BCUT2D eigenvalue weighted by molar-refractivity contribution is 4.44. The van der Waals surface area contributed by atoms with Crippen LogP contribution >= 0.6 is 0 Å². The van der Waals surface area contributed by atoms with Crippen LogP contribution in [0.3, 0.4) is 0 Å². The first-order valence-corrected chi connectivity index (χ1v) is 7.28. The summed E-state index contributed by atoms with van der Waals surface area (Å²) in [6.45, 7) is 10.1. The van der Waals surface area contributed by atoms with Crippen molar-refractivity contribution in [3.8, 4) is 0 Å². The van der Waals surface area contributed by atoms with Gasteiger partial charge in [-0.2, -0.15) is 0 Å². The Kier molecular flexibility index (Phi) is 15.7. The van der Waals surface area contributed by atoms with Gasteiger partial charge >= 0.3 is 0 Å². The van der Waals surface area contributed by atoms with Crippen molar-refractivity contribution in [2.75, 3.05) is 59.4 Å². The number of nitrogens with two attached hydrogens (primary N) is 1. The first kappa shape index (κ1) is 18.8. The highest BCUT2D eigenvalue weighted by Crippen LogP contribution is 2.02. The van der Waals surface area contributed by atoms with Crippen molar-refractivity contribution in [1.82, 2.24) is 0 Å². The summed E-state index contributed by atoms with van der Waals surface area (Å²) in [5.41, 5.74) is 5.28. The molecule has 0 atom stereocenters. The Labute approximate surface area is 117 Å². The van der Waals surface area contributed by atoms with Crippen LogP contribution in [-0.4, -0.2) is 59.4 Å². The summed E-state index contributed by atoms with van der Waals surface area (Å²) in [5, 5.41) is 0. The lowest BCUT2D eigenvalue weighted by molar-refractivity contribution is -0.00149. The molecular weight excluding hydrogens is 246 g/mol. The SMILES string of the molecule is CC(C)CCCOCCOCCOCCOCCN. The van der Waals surface area contributed by atoms with E-state index in [1.165, 1.54) is 6.42 Å². The maximum Gasteiger partial charge on any atom is 0.0701 e. The molecule has 5 heteroatoms. The third-order valence-electron chi connectivity index (χ3n) is 2.45. The Hall–Kier alpha value is -0.200. The molecule has 0 aliphatic rings. The molecule has 0 aromatic carbocycles. The van der Waals surface area contributed by atoms with Crippen LogP contribution in [0.15, 0.2) is 0 Å². The van der Waals surface area contributed by atoms with E-state index in [2.05, 4.69) is 13.8 Å². The average Bonchev–Trinajstić information content (AvgIpc) is 2.39. The highest BCUT2D eigenvalue weighted by Gasteiger charge is 1.95. The Morgan fingerprint density at radius 2 is 1.11 bits per heavy atom. The topological polar surface area (TPSA) is 62.9 Å². The van der Waals surface area contributed by atoms with Crippen molar-refractivity contribution in [3.63, 3.8) is 0 Å². The zero-order valence-electron chi connectivity index (χ0n) is 12.6. The van der Waals surface area contributed by atoms with Crippen LogP contribution in [0.1, 0.15) is 26.7 Å². The van der Waals surface area contributed by atoms with Crippen LogP contribution in [0.25, 0.3) is 0 Å². The van der Waals surface area contributed by atoms with Gasteiger partial charge in [-0.05, 0) is 18.8 Å². The molecule has 0 radical (unpaired) electrons. The number of hydrogen-bond acceptors (Lipinski definition) is 5. The number of ether oxygens (including phenoxy) is 4. The van der Waals surface area contributed by atoms with Crippen molar-refractivity contribution in [3.05, 3.63) is 0 Å². The van der Waals surface area contributed by atoms with Crippen molar-refractivity contribution >= 4 is 0 Å². The average molecular weight is 277 g/mol. The van der Waals surface area contributed by atoms with Gasteiger partial charge in [0.1, 0.15) is 0 Å². The highest BCUT2D eigenvalue weighted by atomic mass is 16.6.